The Labute approximate surface area is 84.0 Å². The number of rotatable bonds is 5. The molecule has 0 atom stereocenters. The summed E-state index contributed by atoms with van der Waals surface area (Å²) in [5, 5.41) is 13.4. The van der Waals surface area contributed by atoms with Gasteiger partial charge in [-0.15, -0.1) is 5.10 Å². The monoisotopic (exact) mass is 199 g/mol. The number of nitrogens with one attached hydrogen (secondary N) is 1. The number of unbranched alkanes of at least 4 members (excludes halogenated alkanes) is 2. The van der Waals surface area contributed by atoms with Crippen LogP contribution in [0.5, 0.6) is 0 Å². The van der Waals surface area contributed by atoms with E-state index in [0.29, 0.717) is 11.0 Å². The van der Waals surface area contributed by atoms with Crippen molar-refractivity contribution < 1.29 is 9.94 Å². The molecule has 5 heteroatoms. The number of hydrogen-bond acceptors (Lipinski definition) is 5. The van der Waals surface area contributed by atoms with Gasteiger partial charge in [-0.2, -0.15) is 0 Å². The molecule has 0 saturated heterocycles. The molecule has 14 heavy (non-hydrogen) atoms. The summed E-state index contributed by atoms with van der Waals surface area (Å²) < 4.78 is 5.11. The van der Waals surface area contributed by atoms with Crippen molar-refractivity contribution in [1.82, 2.24) is 10.7 Å². The minimum Gasteiger partial charge on any atom is -0.493 e. The van der Waals surface area contributed by atoms with E-state index in [1.165, 1.54) is 19.1 Å². The second kappa shape index (κ2) is 5.49. The molecular weight excluding hydrogens is 182 g/mol. The van der Waals surface area contributed by atoms with Crippen LogP contribution in [0.2, 0.25) is 0 Å². The molecule has 1 aliphatic heterocycles. The maximum Gasteiger partial charge on any atom is 0.159 e. The largest absolute Gasteiger partial charge is 0.493 e. The highest BCUT2D eigenvalue weighted by molar-refractivity contribution is 5.77. The molecular formula is C9H17N3O2. The third kappa shape index (κ3) is 2.92. The first kappa shape index (κ1) is 10.8. The summed E-state index contributed by atoms with van der Waals surface area (Å²) in [6.07, 6.45) is 5.78. The molecule has 0 saturated carbocycles. The number of hydrazone groups is 1. The predicted octanol–water partition coefficient (Wildman–Crippen LogP) is 1.62. The SMILES string of the molecule is CCCCCC1=C(OC)C=NN(O)N1. The van der Waals surface area contributed by atoms with Gasteiger partial charge >= 0.3 is 0 Å². The molecule has 0 unspecified atom stereocenters. The lowest BCUT2D eigenvalue weighted by Crippen LogP contribution is -2.34. The van der Waals surface area contributed by atoms with E-state index in [4.69, 9.17) is 9.94 Å². The first-order valence-electron chi connectivity index (χ1n) is 4.84. The first-order chi connectivity index (χ1) is 6.77. The van der Waals surface area contributed by atoms with Gasteiger partial charge in [0, 0.05) is 0 Å². The Morgan fingerprint density at radius 2 is 2.36 bits per heavy atom. The van der Waals surface area contributed by atoms with Crippen LogP contribution in [0.3, 0.4) is 0 Å². The van der Waals surface area contributed by atoms with Crippen LogP contribution in [-0.4, -0.2) is 23.8 Å². The van der Waals surface area contributed by atoms with Crippen LogP contribution >= 0.6 is 0 Å². The van der Waals surface area contributed by atoms with E-state index < -0.39 is 0 Å². The average molecular weight is 199 g/mol. The van der Waals surface area contributed by atoms with Crippen molar-refractivity contribution in [1.29, 1.82) is 0 Å². The van der Waals surface area contributed by atoms with Crippen LogP contribution in [0, 0.1) is 0 Å². The van der Waals surface area contributed by atoms with Gasteiger partial charge in [0.1, 0.15) is 0 Å². The standard InChI is InChI=1S/C9H17N3O2/c1-3-4-5-6-8-9(14-2)7-10-12(13)11-8/h7,11,13H,3-6H2,1-2H3. The summed E-state index contributed by atoms with van der Waals surface area (Å²) in [5.74, 6) is 0.686. The van der Waals surface area contributed by atoms with Crippen molar-refractivity contribution in [2.24, 2.45) is 5.10 Å². The van der Waals surface area contributed by atoms with Crippen LogP contribution in [-0.2, 0) is 4.74 Å². The van der Waals surface area contributed by atoms with Gasteiger partial charge in [-0.3, -0.25) is 10.6 Å². The molecule has 5 nitrogen and oxygen atoms in total. The summed E-state index contributed by atoms with van der Waals surface area (Å²) in [4.78, 5) is 0. The van der Waals surface area contributed by atoms with Gasteiger partial charge < -0.3 is 4.74 Å². The van der Waals surface area contributed by atoms with Crippen LogP contribution in [0.25, 0.3) is 0 Å². The molecule has 80 valence electrons. The predicted molar refractivity (Wildman–Crippen MR) is 53.4 cm³/mol. The third-order valence-electron chi connectivity index (χ3n) is 2.07. The van der Waals surface area contributed by atoms with Gasteiger partial charge in [0.2, 0.25) is 0 Å². The second-order valence-corrected chi connectivity index (χ2v) is 3.15. The minimum atomic E-state index is 0.686. The highest BCUT2D eigenvalue weighted by Gasteiger charge is 2.12. The zero-order valence-electron chi connectivity index (χ0n) is 8.66. The summed E-state index contributed by atoms with van der Waals surface area (Å²) in [6.45, 7) is 2.15. The van der Waals surface area contributed by atoms with E-state index in [1.807, 2.05) is 0 Å². The number of methoxy groups -OCH3 is 1. The van der Waals surface area contributed by atoms with Crippen molar-refractivity contribution >= 4 is 6.21 Å². The molecule has 0 spiro atoms. The van der Waals surface area contributed by atoms with Crippen molar-refractivity contribution in [3.63, 3.8) is 0 Å². The van der Waals surface area contributed by atoms with E-state index in [0.717, 1.165) is 18.5 Å². The summed E-state index contributed by atoms with van der Waals surface area (Å²) in [5.41, 5.74) is 3.60. The smallest absolute Gasteiger partial charge is 0.159 e. The quantitative estimate of drug-likeness (QED) is 0.661. The Morgan fingerprint density at radius 1 is 1.57 bits per heavy atom. The van der Waals surface area contributed by atoms with E-state index in [2.05, 4.69) is 17.5 Å². The molecule has 0 aromatic heterocycles. The summed E-state index contributed by atoms with van der Waals surface area (Å²) in [7, 11) is 1.59. The molecule has 1 aliphatic rings. The lowest BCUT2D eigenvalue weighted by atomic mass is 10.1. The minimum absolute atomic E-state index is 0.686. The van der Waals surface area contributed by atoms with Crippen molar-refractivity contribution in [2.45, 2.75) is 32.6 Å². The molecule has 0 aromatic carbocycles. The zero-order chi connectivity index (χ0) is 10.4. The highest BCUT2D eigenvalue weighted by Crippen LogP contribution is 2.13. The molecule has 1 heterocycles. The van der Waals surface area contributed by atoms with Crippen molar-refractivity contribution in [3.05, 3.63) is 11.5 Å². The molecule has 0 fully saturated rings. The fourth-order valence-electron chi connectivity index (χ4n) is 1.30. The van der Waals surface area contributed by atoms with Gasteiger partial charge in [-0.05, 0) is 12.8 Å². The number of hydrazine groups is 1. The molecule has 0 radical (unpaired) electrons. The Bertz CT molecular complexity index is 238. The number of allylic oxidation sites excluding steroid dienone is 2. The molecule has 2 N–H and O–H groups in total. The Morgan fingerprint density at radius 3 is 3.00 bits per heavy atom. The van der Waals surface area contributed by atoms with E-state index >= 15 is 0 Å². The molecule has 0 amide bonds. The second-order valence-electron chi connectivity index (χ2n) is 3.15. The van der Waals surface area contributed by atoms with Crippen LogP contribution < -0.4 is 5.43 Å². The molecule has 0 bridgehead atoms. The lowest BCUT2D eigenvalue weighted by molar-refractivity contribution is -0.130. The van der Waals surface area contributed by atoms with Gasteiger partial charge in [-0.25, -0.2) is 0 Å². The Kier molecular flexibility index (Phi) is 4.25. The number of hydrogen-bond donors (Lipinski definition) is 2. The normalized spacial score (nSPS) is 15.8. The number of nitrogens with zero attached hydrogens (tertiary/aromatic N) is 2. The molecule has 0 aromatic rings. The lowest BCUT2D eigenvalue weighted by Gasteiger charge is -2.21. The van der Waals surface area contributed by atoms with E-state index in [-0.39, 0.29) is 0 Å². The van der Waals surface area contributed by atoms with E-state index in [9.17, 15) is 0 Å². The number of ether oxygens (including phenoxy) is 1. The Hall–Kier alpha value is -1.23. The zero-order valence-corrected chi connectivity index (χ0v) is 8.66. The fourth-order valence-corrected chi connectivity index (χ4v) is 1.30. The Balaban J connectivity index is 2.51. The third-order valence-corrected chi connectivity index (χ3v) is 2.07. The maximum atomic E-state index is 9.08. The van der Waals surface area contributed by atoms with Crippen LogP contribution in [0.1, 0.15) is 32.6 Å². The van der Waals surface area contributed by atoms with Crippen LogP contribution in [0.4, 0.5) is 0 Å². The van der Waals surface area contributed by atoms with E-state index in [1.54, 1.807) is 7.11 Å². The van der Waals surface area contributed by atoms with Crippen molar-refractivity contribution in [3.8, 4) is 0 Å². The molecule has 1 rings (SSSR count). The van der Waals surface area contributed by atoms with Gasteiger partial charge in [0.15, 0.2) is 5.76 Å². The van der Waals surface area contributed by atoms with Gasteiger partial charge in [0.25, 0.3) is 0 Å². The van der Waals surface area contributed by atoms with Crippen molar-refractivity contribution in [2.75, 3.05) is 7.11 Å². The fraction of sp³-hybridized carbons (Fsp3) is 0.667. The van der Waals surface area contributed by atoms with Gasteiger partial charge in [0.05, 0.1) is 19.0 Å². The van der Waals surface area contributed by atoms with Gasteiger partial charge in [-0.1, -0.05) is 25.0 Å². The maximum absolute atomic E-state index is 9.08. The summed E-state index contributed by atoms with van der Waals surface area (Å²) >= 11 is 0. The average Bonchev–Trinajstić information content (AvgIpc) is 2.19. The van der Waals surface area contributed by atoms with Crippen LogP contribution in [0.15, 0.2) is 16.6 Å². The first-order valence-corrected chi connectivity index (χ1v) is 4.84. The topological polar surface area (TPSA) is 57.1 Å². The summed E-state index contributed by atoms with van der Waals surface area (Å²) in [6, 6.07) is 0. The molecule has 0 aliphatic carbocycles. The highest BCUT2D eigenvalue weighted by atomic mass is 16.6.